The van der Waals surface area contributed by atoms with Crippen molar-refractivity contribution in [2.24, 2.45) is 0 Å². The van der Waals surface area contributed by atoms with Gasteiger partial charge in [0, 0.05) is 16.7 Å². The van der Waals surface area contributed by atoms with Crippen LogP contribution in [0.4, 0.5) is 10.1 Å². The van der Waals surface area contributed by atoms with Crippen molar-refractivity contribution in [3.63, 3.8) is 0 Å². The summed E-state index contributed by atoms with van der Waals surface area (Å²) in [5.74, 6) is 1.60. The van der Waals surface area contributed by atoms with E-state index in [1.807, 2.05) is 23.1 Å². The summed E-state index contributed by atoms with van der Waals surface area (Å²) in [5.41, 5.74) is 2.92. The van der Waals surface area contributed by atoms with Gasteiger partial charge in [0.15, 0.2) is 11.5 Å². The highest BCUT2D eigenvalue weighted by molar-refractivity contribution is 6.08. The fourth-order valence-corrected chi connectivity index (χ4v) is 5.83. The molecule has 0 bridgehead atoms. The fourth-order valence-electron chi connectivity index (χ4n) is 5.83. The lowest BCUT2D eigenvalue weighted by atomic mass is 9.68. The van der Waals surface area contributed by atoms with Gasteiger partial charge >= 0.3 is 0 Å². The van der Waals surface area contributed by atoms with Crippen LogP contribution in [0, 0.1) is 5.82 Å². The Balaban J connectivity index is 1.63. The second-order valence-corrected chi connectivity index (χ2v) is 9.38. The highest BCUT2D eigenvalue weighted by atomic mass is 19.1. The van der Waals surface area contributed by atoms with Crippen molar-refractivity contribution < 1.29 is 23.4 Å². The van der Waals surface area contributed by atoms with E-state index in [1.165, 1.54) is 6.07 Å². The van der Waals surface area contributed by atoms with Crippen LogP contribution < -0.4 is 24.4 Å². The van der Waals surface area contributed by atoms with Gasteiger partial charge in [0.25, 0.3) is 5.91 Å². The molecule has 1 saturated heterocycles. The van der Waals surface area contributed by atoms with Crippen molar-refractivity contribution in [1.29, 1.82) is 0 Å². The molecule has 2 heterocycles. The maximum absolute atomic E-state index is 14.6. The number of methoxy groups -OCH3 is 3. The fraction of sp³-hybridized carbons (Fsp3) is 0.345. The van der Waals surface area contributed by atoms with Gasteiger partial charge in [-0.3, -0.25) is 4.79 Å². The molecule has 0 aliphatic carbocycles. The van der Waals surface area contributed by atoms with Gasteiger partial charge in [0.1, 0.15) is 11.6 Å². The molecule has 188 valence electrons. The summed E-state index contributed by atoms with van der Waals surface area (Å²) in [6.07, 6.45) is 2.22. The van der Waals surface area contributed by atoms with Gasteiger partial charge in [0.2, 0.25) is 0 Å². The SMILES string of the molecule is COc1ccc(C(=O)N2c3ccc(F)cc3C3(CCNCC3)[C@H]2Cc2ccc(OC)c(OC)c2)cc1. The second kappa shape index (κ2) is 9.82. The number of hydrogen-bond acceptors (Lipinski definition) is 5. The van der Waals surface area contributed by atoms with Crippen molar-refractivity contribution in [2.45, 2.75) is 30.7 Å². The predicted octanol–water partition coefficient (Wildman–Crippen LogP) is 4.74. The molecule has 1 fully saturated rings. The normalized spacial score (nSPS) is 18.1. The maximum atomic E-state index is 14.6. The van der Waals surface area contributed by atoms with Gasteiger partial charge in [-0.1, -0.05) is 6.07 Å². The van der Waals surface area contributed by atoms with Crippen LogP contribution in [0.2, 0.25) is 0 Å². The molecule has 2 aliphatic heterocycles. The van der Waals surface area contributed by atoms with Gasteiger partial charge < -0.3 is 24.4 Å². The van der Waals surface area contributed by atoms with E-state index in [2.05, 4.69) is 5.32 Å². The van der Waals surface area contributed by atoms with E-state index in [-0.39, 0.29) is 23.2 Å². The Kier molecular flexibility index (Phi) is 6.58. The minimum Gasteiger partial charge on any atom is -0.497 e. The van der Waals surface area contributed by atoms with Gasteiger partial charge in [-0.05, 0) is 98.1 Å². The summed E-state index contributed by atoms with van der Waals surface area (Å²) in [6, 6.07) is 17.6. The Morgan fingerprint density at radius 2 is 1.67 bits per heavy atom. The van der Waals surface area contributed by atoms with Crippen LogP contribution in [0.5, 0.6) is 17.2 Å². The van der Waals surface area contributed by atoms with Crippen LogP contribution in [0.3, 0.4) is 0 Å². The number of ether oxygens (including phenoxy) is 3. The van der Waals surface area contributed by atoms with Gasteiger partial charge in [-0.25, -0.2) is 4.39 Å². The molecule has 0 unspecified atom stereocenters. The Morgan fingerprint density at radius 3 is 2.33 bits per heavy atom. The first-order valence-electron chi connectivity index (χ1n) is 12.2. The minimum absolute atomic E-state index is 0.105. The zero-order valence-electron chi connectivity index (χ0n) is 20.8. The first kappa shape index (κ1) is 24.1. The Bertz CT molecular complexity index is 1250. The molecule has 6 nitrogen and oxygen atoms in total. The number of nitrogens with one attached hydrogen (secondary N) is 1. The lowest BCUT2D eigenvalue weighted by Gasteiger charge is -2.42. The van der Waals surface area contributed by atoms with Crippen LogP contribution in [0.25, 0.3) is 0 Å². The smallest absolute Gasteiger partial charge is 0.258 e. The average molecular weight is 491 g/mol. The van der Waals surface area contributed by atoms with E-state index in [4.69, 9.17) is 14.2 Å². The largest absolute Gasteiger partial charge is 0.497 e. The van der Waals surface area contributed by atoms with Crippen molar-refractivity contribution in [3.05, 3.63) is 83.2 Å². The first-order valence-corrected chi connectivity index (χ1v) is 12.2. The number of carbonyl (C=O) groups excluding carboxylic acids is 1. The third-order valence-electron chi connectivity index (χ3n) is 7.63. The molecular weight excluding hydrogens is 459 g/mol. The van der Waals surface area contributed by atoms with Crippen LogP contribution in [0.15, 0.2) is 60.7 Å². The summed E-state index contributed by atoms with van der Waals surface area (Å²) in [6.45, 7) is 1.62. The highest BCUT2D eigenvalue weighted by Crippen LogP contribution is 2.52. The Morgan fingerprint density at radius 1 is 0.944 bits per heavy atom. The molecule has 36 heavy (non-hydrogen) atoms. The second-order valence-electron chi connectivity index (χ2n) is 9.38. The number of rotatable bonds is 6. The molecule has 2 aliphatic rings. The molecule has 3 aromatic rings. The number of anilines is 1. The van der Waals surface area contributed by atoms with Crippen LogP contribution in [0.1, 0.15) is 34.3 Å². The summed E-state index contributed by atoms with van der Waals surface area (Å²) in [5, 5.41) is 3.44. The Labute approximate surface area is 211 Å². The lowest BCUT2D eigenvalue weighted by Crippen LogP contribution is -2.53. The number of fused-ring (bicyclic) bond motifs is 2. The topological polar surface area (TPSA) is 60.0 Å². The Hall–Kier alpha value is -3.58. The molecule has 0 aromatic heterocycles. The molecule has 1 N–H and O–H groups in total. The van der Waals surface area contributed by atoms with Crippen LogP contribution >= 0.6 is 0 Å². The number of amides is 1. The molecule has 7 heteroatoms. The zero-order chi connectivity index (χ0) is 25.3. The summed E-state index contributed by atoms with van der Waals surface area (Å²) in [7, 11) is 4.82. The lowest BCUT2D eigenvalue weighted by molar-refractivity contribution is 0.0964. The number of carbonyl (C=O) groups is 1. The third-order valence-corrected chi connectivity index (χ3v) is 7.63. The molecule has 1 spiro atoms. The van der Waals surface area contributed by atoms with Crippen LogP contribution in [-0.2, 0) is 11.8 Å². The quantitative estimate of drug-likeness (QED) is 0.541. The molecule has 1 atom stereocenters. The van der Waals surface area contributed by atoms with Crippen molar-refractivity contribution >= 4 is 11.6 Å². The van der Waals surface area contributed by atoms with E-state index >= 15 is 0 Å². The number of piperidine rings is 1. The predicted molar refractivity (Wildman–Crippen MR) is 137 cm³/mol. The number of nitrogens with zero attached hydrogens (tertiary/aromatic N) is 1. The zero-order valence-corrected chi connectivity index (χ0v) is 20.8. The van der Waals surface area contributed by atoms with E-state index in [0.29, 0.717) is 29.2 Å². The highest BCUT2D eigenvalue weighted by Gasteiger charge is 2.53. The summed E-state index contributed by atoms with van der Waals surface area (Å²) < 4.78 is 30.9. The standard InChI is InChI=1S/C29H31FN2O4/c1-34-22-8-5-20(6-9-22)28(33)32-24-10-7-21(30)18-23(24)29(12-14-31-15-13-29)27(32)17-19-4-11-25(35-2)26(16-19)36-3/h4-11,16,18,27,31H,12-15,17H2,1-3H3/t27-/m1/s1. The van der Waals surface area contributed by atoms with E-state index in [0.717, 1.165) is 42.7 Å². The average Bonchev–Trinajstić information content (AvgIpc) is 3.16. The summed E-state index contributed by atoms with van der Waals surface area (Å²) in [4.78, 5) is 16.0. The van der Waals surface area contributed by atoms with Crippen molar-refractivity contribution in [2.75, 3.05) is 39.3 Å². The summed E-state index contributed by atoms with van der Waals surface area (Å²) >= 11 is 0. The van der Waals surface area contributed by atoms with Gasteiger partial charge in [0.05, 0.1) is 27.4 Å². The van der Waals surface area contributed by atoms with E-state index in [1.54, 1.807) is 57.7 Å². The monoisotopic (exact) mass is 490 g/mol. The van der Waals surface area contributed by atoms with Gasteiger partial charge in [-0.15, -0.1) is 0 Å². The van der Waals surface area contributed by atoms with E-state index in [9.17, 15) is 9.18 Å². The minimum atomic E-state index is -0.363. The molecule has 1 amide bonds. The third kappa shape index (κ3) is 4.07. The van der Waals surface area contributed by atoms with Crippen molar-refractivity contribution in [3.8, 4) is 17.2 Å². The number of hydrogen-bond donors (Lipinski definition) is 1. The molecule has 5 rings (SSSR count). The molecule has 0 radical (unpaired) electrons. The van der Waals surface area contributed by atoms with Gasteiger partial charge in [-0.2, -0.15) is 0 Å². The number of halogens is 1. The maximum Gasteiger partial charge on any atom is 0.258 e. The molecular formula is C29H31FN2O4. The van der Waals surface area contributed by atoms with E-state index < -0.39 is 0 Å². The number of benzene rings is 3. The van der Waals surface area contributed by atoms with Crippen molar-refractivity contribution in [1.82, 2.24) is 5.32 Å². The molecule has 3 aromatic carbocycles. The van der Waals surface area contributed by atoms with Crippen LogP contribution in [-0.4, -0.2) is 46.4 Å². The molecule has 0 saturated carbocycles. The first-order chi connectivity index (χ1) is 17.5.